The summed E-state index contributed by atoms with van der Waals surface area (Å²) in [6.45, 7) is 8.51. The van der Waals surface area contributed by atoms with Crippen molar-refractivity contribution in [3.63, 3.8) is 0 Å². The Kier molecular flexibility index (Phi) is 2.59. The summed E-state index contributed by atoms with van der Waals surface area (Å²) in [5, 5.41) is 0. The Morgan fingerprint density at radius 2 is 2.08 bits per heavy atom. The van der Waals surface area contributed by atoms with Gasteiger partial charge in [0.2, 0.25) is 0 Å². The lowest BCUT2D eigenvalue weighted by Crippen LogP contribution is -2.32. The molecule has 68 valence electrons. The molecule has 1 aromatic heterocycles. The van der Waals surface area contributed by atoms with Gasteiger partial charge in [-0.05, 0) is 38.8 Å². The lowest BCUT2D eigenvalue weighted by Gasteiger charge is -2.22. The fourth-order valence-corrected chi connectivity index (χ4v) is 2.45. The van der Waals surface area contributed by atoms with Gasteiger partial charge in [-0.25, -0.2) is 0 Å². The molecule has 0 aromatic carbocycles. The summed E-state index contributed by atoms with van der Waals surface area (Å²) in [5.41, 5.74) is 7.33. The molecule has 0 fully saturated rings. The first-order valence-electron chi connectivity index (χ1n) is 4.33. The van der Waals surface area contributed by atoms with Gasteiger partial charge < -0.3 is 5.73 Å². The van der Waals surface area contributed by atoms with Crippen LogP contribution < -0.4 is 5.73 Å². The van der Waals surface area contributed by atoms with Crippen molar-refractivity contribution in [3.05, 3.63) is 21.4 Å². The predicted molar refractivity (Wildman–Crippen MR) is 55.6 cm³/mol. The molecular weight excluding hydrogens is 166 g/mol. The molecule has 12 heavy (non-hydrogen) atoms. The van der Waals surface area contributed by atoms with Crippen LogP contribution >= 0.6 is 11.3 Å². The third-order valence-electron chi connectivity index (χ3n) is 2.39. The van der Waals surface area contributed by atoms with Gasteiger partial charge in [-0.3, -0.25) is 0 Å². The van der Waals surface area contributed by atoms with Crippen LogP contribution in [0.5, 0.6) is 0 Å². The Hall–Kier alpha value is -0.340. The molecule has 0 saturated carbocycles. The normalized spacial score (nSPS) is 16.1. The molecule has 0 aliphatic heterocycles. The maximum Gasteiger partial charge on any atom is 0.0389 e. The van der Waals surface area contributed by atoms with Crippen LogP contribution in [0, 0.1) is 13.8 Å². The lowest BCUT2D eigenvalue weighted by atomic mass is 9.91. The molecule has 0 spiro atoms. The maximum absolute atomic E-state index is 6.16. The summed E-state index contributed by atoms with van der Waals surface area (Å²) in [7, 11) is 0. The van der Waals surface area contributed by atoms with E-state index in [2.05, 4.69) is 33.8 Å². The predicted octanol–water partition coefficient (Wildman–Crippen LogP) is 2.95. The quantitative estimate of drug-likeness (QED) is 0.749. The zero-order valence-electron chi connectivity index (χ0n) is 8.27. The Bertz CT molecular complexity index is 273. The highest BCUT2D eigenvalue weighted by atomic mass is 32.1. The van der Waals surface area contributed by atoms with E-state index < -0.39 is 0 Å². The van der Waals surface area contributed by atoms with E-state index in [4.69, 9.17) is 5.73 Å². The largest absolute Gasteiger partial charge is 0.322 e. The van der Waals surface area contributed by atoms with Crippen LogP contribution in [-0.2, 0) is 5.54 Å². The molecule has 1 nitrogen and oxygen atoms in total. The molecule has 0 aliphatic rings. The second-order valence-corrected chi connectivity index (χ2v) is 5.06. The highest BCUT2D eigenvalue weighted by molar-refractivity contribution is 7.12. The molecule has 0 unspecified atom stereocenters. The molecule has 2 heteroatoms. The summed E-state index contributed by atoms with van der Waals surface area (Å²) in [6.07, 6.45) is 0.990. The van der Waals surface area contributed by atoms with Gasteiger partial charge in [0.25, 0.3) is 0 Å². The molecule has 1 atom stereocenters. The molecule has 0 aliphatic carbocycles. The third-order valence-corrected chi connectivity index (χ3v) is 3.36. The minimum absolute atomic E-state index is 0.144. The van der Waals surface area contributed by atoms with Crippen LogP contribution in [0.3, 0.4) is 0 Å². The number of nitrogens with two attached hydrogens (primary N) is 1. The number of rotatable bonds is 2. The van der Waals surface area contributed by atoms with Gasteiger partial charge >= 0.3 is 0 Å². The molecule has 0 bridgehead atoms. The van der Waals surface area contributed by atoms with Crippen LogP contribution in [-0.4, -0.2) is 0 Å². The molecule has 1 rings (SSSR count). The Morgan fingerprint density at radius 1 is 1.50 bits per heavy atom. The van der Waals surface area contributed by atoms with Crippen molar-refractivity contribution < 1.29 is 0 Å². The van der Waals surface area contributed by atoms with E-state index in [1.807, 2.05) is 11.3 Å². The van der Waals surface area contributed by atoms with E-state index in [0.717, 1.165) is 6.42 Å². The summed E-state index contributed by atoms with van der Waals surface area (Å²) in [5.74, 6) is 0. The highest BCUT2D eigenvalue weighted by Gasteiger charge is 2.21. The summed E-state index contributed by atoms with van der Waals surface area (Å²) in [6, 6.07) is 2.21. The molecule has 0 saturated heterocycles. The SMILES string of the molecule is CC[C@@](C)(N)c1cc(C)sc1C. The van der Waals surface area contributed by atoms with E-state index in [1.54, 1.807) is 0 Å². The Balaban J connectivity index is 3.09. The minimum Gasteiger partial charge on any atom is -0.322 e. The third kappa shape index (κ3) is 1.70. The van der Waals surface area contributed by atoms with E-state index in [9.17, 15) is 0 Å². The molecule has 1 heterocycles. The number of hydrogen-bond donors (Lipinski definition) is 1. The first-order chi connectivity index (χ1) is 5.47. The molecular formula is C10H17NS. The van der Waals surface area contributed by atoms with Gasteiger partial charge in [-0.1, -0.05) is 6.92 Å². The number of aryl methyl sites for hydroxylation is 2. The van der Waals surface area contributed by atoms with E-state index in [-0.39, 0.29) is 5.54 Å². The van der Waals surface area contributed by atoms with Crippen LogP contribution in [0.15, 0.2) is 6.07 Å². The summed E-state index contributed by atoms with van der Waals surface area (Å²) < 4.78 is 0. The van der Waals surface area contributed by atoms with Crippen molar-refractivity contribution in [2.24, 2.45) is 5.73 Å². The average molecular weight is 183 g/mol. The van der Waals surface area contributed by atoms with Crippen LogP contribution in [0.25, 0.3) is 0 Å². The van der Waals surface area contributed by atoms with Gasteiger partial charge in [-0.2, -0.15) is 0 Å². The summed E-state index contributed by atoms with van der Waals surface area (Å²) >= 11 is 1.83. The Morgan fingerprint density at radius 3 is 2.42 bits per heavy atom. The molecule has 1 aromatic rings. The minimum atomic E-state index is -0.144. The van der Waals surface area contributed by atoms with Crippen molar-refractivity contribution in [3.8, 4) is 0 Å². The second-order valence-electron chi connectivity index (χ2n) is 3.60. The van der Waals surface area contributed by atoms with Gasteiger partial charge in [0.1, 0.15) is 0 Å². The van der Waals surface area contributed by atoms with Gasteiger partial charge in [-0.15, -0.1) is 11.3 Å². The highest BCUT2D eigenvalue weighted by Crippen LogP contribution is 2.30. The zero-order chi connectivity index (χ0) is 9.35. The van der Waals surface area contributed by atoms with Crippen molar-refractivity contribution in [1.82, 2.24) is 0 Å². The molecule has 2 N–H and O–H groups in total. The fourth-order valence-electron chi connectivity index (χ4n) is 1.39. The monoisotopic (exact) mass is 183 g/mol. The van der Waals surface area contributed by atoms with Crippen molar-refractivity contribution in [2.75, 3.05) is 0 Å². The maximum atomic E-state index is 6.16. The number of thiophene rings is 1. The topological polar surface area (TPSA) is 26.0 Å². The van der Waals surface area contributed by atoms with Gasteiger partial charge in [0.05, 0.1) is 0 Å². The van der Waals surface area contributed by atoms with Crippen molar-refractivity contribution >= 4 is 11.3 Å². The van der Waals surface area contributed by atoms with E-state index in [1.165, 1.54) is 15.3 Å². The molecule has 0 radical (unpaired) electrons. The first kappa shape index (κ1) is 9.75. The van der Waals surface area contributed by atoms with Gasteiger partial charge in [0.15, 0.2) is 0 Å². The molecule has 0 amide bonds. The van der Waals surface area contributed by atoms with Gasteiger partial charge in [0, 0.05) is 15.3 Å². The smallest absolute Gasteiger partial charge is 0.0389 e. The lowest BCUT2D eigenvalue weighted by molar-refractivity contribution is 0.476. The first-order valence-corrected chi connectivity index (χ1v) is 5.15. The zero-order valence-corrected chi connectivity index (χ0v) is 9.09. The second kappa shape index (κ2) is 3.19. The Labute approximate surface area is 78.6 Å². The fraction of sp³-hybridized carbons (Fsp3) is 0.600. The van der Waals surface area contributed by atoms with Crippen molar-refractivity contribution in [2.45, 2.75) is 39.7 Å². The van der Waals surface area contributed by atoms with E-state index in [0.29, 0.717) is 0 Å². The average Bonchev–Trinajstić information content (AvgIpc) is 2.31. The van der Waals surface area contributed by atoms with Crippen LogP contribution in [0.4, 0.5) is 0 Å². The van der Waals surface area contributed by atoms with Crippen molar-refractivity contribution in [1.29, 1.82) is 0 Å². The van der Waals surface area contributed by atoms with Crippen LogP contribution in [0.1, 0.15) is 35.6 Å². The van der Waals surface area contributed by atoms with E-state index >= 15 is 0 Å². The van der Waals surface area contributed by atoms with Crippen LogP contribution in [0.2, 0.25) is 0 Å². The summed E-state index contributed by atoms with van der Waals surface area (Å²) in [4.78, 5) is 2.71. The standard InChI is InChI=1S/C10H17NS/c1-5-10(4,11)9-6-7(2)12-8(9)3/h6H,5,11H2,1-4H3/t10-/m1/s1. The number of hydrogen-bond acceptors (Lipinski definition) is 2.